The van der Waals surface area contributed by atoms with E-state index in [2.05, 4.69) is 0 Å². The highest BCUT2D eigenvalue weighted by molar-refractivity contribution is 5.99. The van der Waals surface area contributed by atoms with Gasteiger partial charge >= 0.3 is 0 Å². The summed E-state index contributed by atoms with van der Waals surface area (Å²) in [6.07, 6.45) is 1.32. The fourth-order valence-electron chi connectivity index (χ4n) is 2.58. The van der Waals surface area contributed by atoms with Gasteiger partial charge in [0, 0.05) is 38.8 Å². The van der Waals surface area contributed by atoms with Crippen LogP contribution in [0.4, 0.5) is 5.69 Å². The molecule has 1 aliphatic heterocycles. The molecule has 1 aliphatic rings. The maximum Gasteiger partial charge on any atom is 0.255 e. The zero-order valence-corrected chi connectivity index (χ0v) is 12.0. The predicted octanol–water partition coefficient (Wildman–Crippen LogP) is 1.09. The Morgan fingerprint density at radius 1 is 1.20 bits per heavy atom. The van der Waals surface area contributed by atoms with Crippen molar-refractivity contribution < 1.29 is 9.59 Å². The molecular formula is C15H21N3O2. The molecular weight excluding hydrogens is 254 g/mol. The lowest BCUT2D eigenvalue weighted by molar-refractivity contribution is -0.123. The maximum absolute atomic E-state index is 12.6. The molecule has 0 unspecified atom stereocenters. The molecule has 0 bridgehead atoms. The van der Waals surface area contributed by atoms with Gasteiger partial charge in [-0.05, 0) is 25.0 Å². The first-order valence-electron chi connectivity index (χ1n) is 6.85. The van der Waals surface area contributed by atoms with E-state index in [-0.39, 0.29) is 17.7 Å². The molecule has 0 aliphatic carbocycles. The van der Waals surface area contributed by atoms with Crippen molar-refractivity contribution in [2.75, 3.05) is 32.1 Å². The normalized spacial score (nSPS) is 16.0. The largest absolute Gasteiger partial charge is 0.377 e. The average molecular weight is 275 g/mol. The molecule has 1 fully saturated rings. The van der Waals surface area contributed by atoms with Crippen LogP contribution in [0.5, 0.6) is 0 Å². The lowest BCUT2D eigenvalue weighted by Gasteiger charge is -2.31. The summed E-state index contributed by atoms with van der Waals surface area (Å²) < 4.78 is 0. The topological polar surface area (TPSA) is 66.6 Å². The van der Waals surface area contributed by atoms with E-state index in [1.54, 1.807) is 0 Å². The zero-order chi connectivity index (χ0) is 14.7. The van der Waals surface area contributed by atoms with Gasteiger partial charge in [0.15, 0.2) is 0 Å². The molecule has 20 heavy (non-hydrogen) atoms. The number of anilines is 1. The van der Waals surface area contributed by atoms with Crippen LogP contribution in [0.2, 0.25) is 0 Å². The third kappa shape index (κ3) is 2.92. The molecule has 5 heteroatoms. The van der Waals surface area contributed by atoms with E-state index in [0.29, 0.717) is 31.5 Å². The van der Waals surface area contributed by atoms with E-state index < -0.39 is 0 Å². The smallest absolute Gasteiger partial charge is 0.255 e. The van der Waals surface area contributed by atoms with Crippen molar-refractivity contribution in [3.8, 4) is 0 Å². The lowest BCUT2D eigenvalue weighted by atomic mass is 9.95. The quantitative estimate of drug-likeness (QED) is 0.898. The Bertz CT molecular complexity index is 506. The molecule has 0 aromatic heterocycles. The Morgan fingerprint density at radius 2 is 1.80 bits per heavy atom. The summed E-state index contributed by atoms with van der Waals surface area (Å²) in [6, 6.07) is 7.57. The van der Waals surface area contributed by atoms with Gasteiger partial charge in [0.2, 0.25) is 5.91 Å². The minimum atomic E-state index is -0.259. The zero-order valence-electron chi connectivity index (χ0n) is 12.0. The summed E-state index contributed by atoms with van der Waals surface area (Å²) >= 11 is 0. The molecule has 1 aromatic rings. The van der Waals surface area contributed by atoms with Gasteiger partial charge in [-0.3, -0.25) is 9.59 Å². The first kappa shape index (κ1) is 14.4. The van der Waals surface area contributed by atoms with E-state index in [9.17, 15) is 9.59 Å². The van der Waals surface area contributed by atoms with Crippen molar-refractivity contribution in [1.82, 2.24) is 4.90 Å². The number of nitrogens with zero attached hydrogens (tertiary/aromatic N) is 2. The lowest BCUT2D eigenvalue weighted by Crippen LogP contribution is -2.42. The minimum Gasteiger partial charge on any atom is -0.377 e. The number of carbonyl (C=O) groups is 2. The van der Waals surface area contributed by atoms with Crippen molar-refractivity contribution in [2.24, 2.45) is 11.7 Å². The van der Waals surface area contributed by atoms with Crippen molar-refractivity contribution in [3.63, 3.8) is 0 Å². The first-order valence-corrected chi connectivity index (χ1v) is 6.85. The fourth-order valence-corrected chi connectivity index (χ4v) is 2.58. The molecule has 5 nitrogen and oxygen atoms in total. The number of carbonyl (C=O) groups excluding carboxylic acids is 2. The summed E-state index contributed by atoms with van der Waals surface area (Å²) in [5.74, 6) is -0.328. The Morgan fingerprint density at radius 3 is 2.35 bits per heavy atom. The van der Waals surface area contributed by atoms with Crippen LogP contribution in [0, 0.1) is 5.92 Å². The molecule has 1 heterocycles. The van der Waals surface area contributed by atoms with Crippen molar-refractivity contribution in [2.45, 2.75) is 12.8 Å². The SMILES string of the molecule is CN(C)c1ccccc1C(=O)N1CCC(C(N)=O)CC1. The molecule has 0 spiro atoms. The predicted molar refractivity (Wildman–Crippen MR) is 78.6 cm³/mol. The highest BCUT2D eigenvalue weighted by Gasteiger charge is 2.27. The van der Waals surface area contributed by atoms with Crippen LogP contribution >= 0.6 is 0 Å². The van der Waals surface area contributed by atoms with Crippen LogP contribution in [0.25, 0.3) is 0 Å². The number of para-hydroxylation sites is 1. The van der Waals surface area contributed by atoms with Gasteiger partial charge in [0.1, 0.15) is 0 Å². The summed E-state index contributed by atoms with van der Waals surface area (Å²) in [7, 11) is 3.84. The summed E-state index contributed by atoms with van der Waals surface area (Å²) in [5.41, 5.74) is 6.93. The number of amides is 2. The van der Waals surface area contributed by atoms with E-state index in [4.69, 9.17) is 5.73 Å². The number of likely N-dealkylation sites (tertiary alicyclic amines) is 1. The minimum absolute atomic E-state index is 0.0252. The molecule has 108 valence electrons. The average Bonchev–Trinajstić information content (AvgIpc) is 2.46. The molecule has 1 saturated heterocycles. The molecule has 2 rings (SSSR count). The van der Waals surface area contributed by atoms with E-state index in [0.717, 1.165) is 5.69 Å². The Balaban J connectivity index is 2.11. The van der Waals surface area contributed by atoms with Gasteiger partial charge in [-0.15, -0.1) is 0 Å². The standard InChI is InChI=1S/C15H21N3O2/c1-17(2)13-6-4-3-5-12(13)15(20)18-9-7-11(8-10-18)14(16)19/h3-6,11H,7-10H2,1-2H3,(H2,16,19). The van der Waals surface area contributed by atoms with Crippen LogP contribution in [0.15, 0.2) is 24.3 Å². The van der Waals surface area contributed by atoms with Crippen LogP contribution < -0.4 is 10.6 Å². The van der Waals surface area contributed by atoms with Crippen molar-refractivity contribution in [1.29, 1.82) is 0 Å². The number of rotatable bonds is 3. The van der Waals surface area contributed by atoms with Gasteiger partial charge in [0.25, 0.3) is 5.91 Å². The summed E-state index contributed by atoms with van der Waals surface area (Å²) in [5, 5.41) is 0. The van der Waals surface area contributed by atoms with Gasteiger partial charge < -0.3 is 15.5 Å². The number of primary amides is 1. The van der Waals surface area contributed by atoms with E-state index >= 15 is 0 Å². The molecule has 0 saturated carbocycles. The summed E-state index contributed by atoms with van der Waals surface area (Å²) in [4.78, 5) is 27.5. The second kappa shape index (κ2) is 5.94. The number of benzene rings is 1. The Labute approximate surface area is 119 Å². The molecule has 2 N–H and O–H groups in total. The third-order valence-electron chi connectivity index (χ3n) is 3.80. The maximum atomic E-state index is 12.6. The number of hydrogen-bond donors (Lipinski definition) is 1. The molecule has 0 atom stereocenters. The second-order valence-corrected chi connectivity index (χ2v) is 5.38. The molecule has 1 aromatic carbocycles. The van der Waals surface area contributed by atoms with Gasteiger partial charge in [-0.25, -0.2) is 0 Å². The van der Waals surface area contributed by atoms with E-state index in [1.165, 1.54) is 0 Å². The molecule has 0 radical (unpaired) electrons. The van der Waals surface area contributed by atoms with Gasteiger partial charge in [-0.1, -0.05) is 12.1 Å². The fraction of sp³-hybridized carbons (Fsp3) is 0.467. The highest BCUT2D eigenvalue weighted by Crippen LogP contribution is 2.23. The monoisotopic (exact) mass is 275 g/mol. The Hall–Kier alpha value is -2.04. The number of piperidine rings is 1. The van der Waals surface area contributed by atoms with Gasteiger partial charge in [0.05, 0.1) is 5.56 Å². The Kier molecular flexibility index (Phi) is 4.27. The molecule has 2 amide bonds. The van der Waals surface area contributed by atoms with Crippen molar-refractivity contribution >= 4 is 17.5 Å². The highest BCUT2D eigenvalue weighted by atomic mass is 16.2. The first-order chi connectivity index (χ1) is 9.50. The van der Waals surface area contributed by atoms with Crippen molar-refractivity contribution in [3.05, 3.63) is 29.8 Å². The number of hydrogen-bond acceptors (Lipinski definition) is 3. The van der Waals surface area contributed by atoms with E-state index in [1.807, 2.05) is 48.2 Å². The van der Waals surface area contributed by atoms with Crippen LogP contribution in [0.1, 0.15) is 23.2 Å². The number of nitrogens with two attached hydrogens (primary N) is 1. The summed E-state index contributed by atoms with van der Waals surface area (Å²) in [6.45, 7) is 1.18. The van der Waals surface area contributed by atoms with Crippen LogP contribution in [-0.2, 0) is 4.79 Å². The van der Waals surface area contributed by atoms with Crippen LogP contribution in [0.3, 0.4) is 0 Å². The second-order valence-electron chi connectivity index (χ2n) is 5.38. The third-order valence-corrected chi connectivity index (χ3v) is 3.80. The van der Waals surface area contributed by atoms with Gasteiger partial charge in [-0.2, -0.15) is 0 Å². The van der Waals surface area contributed by atoms with Crippen LogP contribution in [-0.4, -0.2) is 43.9 Å².